The van der Waals surface area contributed by atoms with E-state index in [0.717, 1.165) is 19.5 Å². The van der Waals surface area contributed by atoms with Crippen LogP contribution >= 0.6 is 49.9 Å². The molecule has 1 amide bonds. The minimum Gasteiger partial charge on any atom is -0.436 e. The highest BCUT2D eigenvalue weighted by atomic mass is 127. The number of aromatic nitrogens is 1. The number of rotatable bonds is 5. The van der Waals surface area contributed by atoms with Gasteiger partial charge in [0.25, 0.3) is 5.91 Å². The average Bonchev–Trinajstić information content (AvgIpc) is 2.83. The number of aryl methyl sites for hydroxylation is 2. The summed E-state index contributed by atoms with van der Waals surface area (Å²) in [6.45, 7) is 4.56. The van der Waals surface area contributed by atoms with E-state index in [-0.39, 0.29) is 5.91 Å². The molecule has 7 heteroatoms. The van der Waals surface area contributed by atoms with Crippen LogP contribution in [0.5, 0.6) is 11.6 Å². The number of carbonyl (C=O) groups is 1. The minimum absolute atomic E-state index is 0.0546. The maximum absolute atomic E-state index is 12.5. The number of halogens is 2. The zero-order valence-electron chi connectivity index (χ0n) is 12.5. The lowest BCUT2D eigenvalue weighted by Crippen LogP contribution is -2.28. The second kappa shape index (κ2) is 7.74. The van der Waals surface area contributed by atoms with E-state index in [4.69, 9.17) is 4.74 Å². The highest BCUT2D eigenvalue weighted by Crippen LogP contribution is 2.34. The molecule has 2 rings (SSSR count). The van der Waals surface area contributed by atoms with Gasteiger partial charge >= 0.3 is 0 Å². The van der Waals surface area contributed by atoms with E-state index in [2.05, 4.69) is 43.5 Å². The van der Waals surface area contributed by atoms with Crippen LogP contribution in [0.25, 0.3) is 0 Å². The van der Waals surface area contributed by atoms with Gasteiger partial charge in [-0.15, -0.1) is 11.3 Å². The summed E-state index contributed by atoms with van der Waals surface area (Å²) >= 11 is 7.08. The van der Waals surface area contributed by atoms with Gasteiger partial charge in [-0.25, -0.2) is 4.98 Å². The molecule has 2 aromatic rings. The molecule has 118 valence electrons. The van der Waals surface area contributed by atoms with E-state index in [1.54, 1.807) is 11.9 Å². The predicted molar refractivity (Wildman–Crippen MR) is 102 cm³/mol. The molecule has 0 unspecified atom stereocenters. The molecule has 0 aliphatic heterocycles. The second-order valence-corrected chi connectivity index (χ2v) is 7.96. The van der Waals surface area contributed by atoms with E-state index in [1.807, 2.05) is 32.0 Å². The molecule has 0 N–H and O–H groups in total. The molecule has 0 saturated heterocycles. The van der Waals surface area contributed by atoms with Crippen molar-refractivity contribution in [1.29, 1.82) is 0 Å². The first kappa shape index (κ1) is 17.7. The molecule has 1 aromatic carbocycles. The molecule has 0 radical (unpaired) electrons. The maximum atomic E-state index is 12.5. The highest BCUT2D eigenvalue weighted by molar-refractivity contribution is 14.1. The molecule has 0 spiro atoms. The van der Waals surface area contributed by atoms with Gasteiger partial charge in [0.1, 0.15) is 5.75 Å². The van der Waals surface area contributed by atoms with Crippen LogP contribution in [0.1, 0.15) is 20.2 Å². The van der Waals surface area contributed by atoms with Crippen molar-refractivity contribution in [3.8, 4) is 11.6 Å². The lowest BCUT2D eigenvalue weighted by Gasteiger charge is -2.15. The van der Waals surface area contributed by atoms with Gasteiger partial charge in [0.2, 0.25) is 5.88 Å². The fourth-order valence-electron chi connectivity index (χ4n) is 1.81. The number of amides is 1. The van der Waals surface area contributed by atoms with Crippen molar-refractivity contribution >= 4 is 55.8 Å². The first-order valence-corrected chi connectivity index (χ1v) is 9.78. The van der Waals surface area contributed by atoms with Crippen molar-refractivity contribution in [3.05, 3.63) is 38.1 Å². The quantitative estimate of drug-likeness (QED) is 0.442. The number of benzene rings is 1. The molecule has 0 aliphatic rings. The van der Waals surface area contributed by atoms with Gasteiger partial charge in [0.15, 0.2) is 4.88 Å². The van der Waals surface area contributed by atoms with Crippen molar-refractivity contribution in [2.75, 3.05) is 18.0 Å². The SMILES string of the molecule is Cc1ccc(Br)c(Oc2nc(C)sc2C(=O)N(C)CCI)c1. The first-order valence-electron chi connectivity index (χ1n) is 6.65. The van der Waals surface area contributed by atoms with Crippen LogP contribution in [0.2, 0.25) is 0 Å². The van der Waals surface area contributed by atoms with Gasteiger partial charge in [0, 0.05) is 18.0 Å². The molecule has 1 aromatic heterocycles. The molecule has 0 atom stereocenters. The van der Waals surface area contributed by atoms with Gasteiger partial charge in [-0.3, -0.25) is 4.79 Å². The number of hydrogen-bond acceptors (Lipinski definition) is 4. The third-order valence-electron chi connectivity index (χ3n) is 2.96. The smallest absolute Gasteiger partial charge is 0.269 e. The summed E-state index contributed by atoms with van der Waals surface area (Å²) in [4.78, 5) is 19.1. The van der Waals surface area contributed by atoms with Crippen LogP contribution in [0.4, 0.5) is 0 Å². The Balaban J connectivity index is 2.32. The van der Waals surface area contributed by atoms with E-state index >= 15 is 0 Å². The van der Waals surface area contributed by atoms with E-state index in [9.17, 15) is 4.79 Å². The van der Waals surface area contributed by atoms with E-state index < -0.39 is 0 Å². The van der Waals surface area contributed by atoms with Gasteiger partial charge in [0.05, 0.1) is 9.48 Å². The van der Waals surface area contributed by atoms with Crippen LogP contribution in [0.15, 0.2) is 22.7 Å². The topological polar surface area (TPSA) is 42.4 Å². The van der Waals surface area contributed by atoms with Gasteiger partial charge < -0.3 is 9.64 Å². The third-order valence-corrected chi connectivity index (χ3v) is 5.03. The summed E-state index contributed by atoms with van der Waals surface area (Å²) in [7, 11) is 1.79. The number of thiazole rings is 1. The van der Waals surface area contributed by atoms with Crippen LogP contribution in [0, 0.1) is 13.8 Å². The summed E-state index contributed by atoms with van der Waals surface area (Å²) in [5.74, 6) is 0.982. The Bertz CT molecular complexity index is 690. The average molecular weight is 495 g/mol. The number of nitrogens with zero attached hydrogens (tertiary/aromatic N) is 2. The Morgan fingerprint density at radius 1 is 1.45 bits per heavy atom. The maximum Gasteiger partial charge on any atom is 0.269 e. The molecule has 0 aliphatic carbocycles. The number of ether oxygens (including phenoxy) is 1. The molecule has 22 heavy (non-hydrogen) atoms. The molecule has 0 bridgehead atoms. The van der Waals surface area contributed by atoms with Crippen LogP contribution in [-0.2, 0) is 0 Å². The Labute approximate surface area is 156 Å². The minimum atomic E-state index is -0.0546. The zero-order valence-corrected chi connectivity index (χ0v) is 17.1. The Morgan fingerprint density at radius 2 is 2.18 bits per heavy atom. The Kier molecular flexibility index (Phi) is 6.22. The van der Waals surface area contributed by atoms with Gasteiger partial charge in [-0.05, 0) is 47.5 Å². The summed E-state index contributed by atoms with van der Waals surface area (Å²) < 4.78 is 7.62. The Hall–Kier alpha value is -0.670. The molecular weight excluding hydrogens is 479 g/mol. The number of carbonyl (C=O) groups excluding carboxylic acids is 1. The van der Waals surface area contributed by atoms with Gasteiger partial charge in [-0.2, -0.15) is 0 Å². The summed E-state index contributed by atoms with van der Waals surface area (Å²) in [5, 5.41) is 0.810. The largest absolute Gasteiger partial charge is 0.436 e. The van der Waals surface area contributed by atoms with Crippen LogP contribution in [-0.4, -0.2) is 33.8 Å². The van der Waals surface area contributed by atoms with Gasteiger partial charge in [-0.1, -0.05) is 28.7 Å². The zero-order chi connectivity index (χ0) is 16.3. The molecular formula is C15H16BrIN2O2S. The second-order valence-electron chi connectivity index (χ2n) is 4.82. The normalized spacial score (nSPS) is 10.6. The lowest BCUT2D eigenvalue weighted by molar-refractivity contribution is 0.0806. The van der Waals surface area contributed by atoms with E-state index in [0.29, 0.717) is 23.1 Å². The summed E-state index contributed by atoms with van der Waals surface area (Å²) in [5.41, 5.74) is 1.08. The van der Waals surface area contributed by atoms with Crippen molar-refractivity contribution < 1.29 is 9.53 Å². The predicted octanol–water partition coefficient (Wildman–Crippen LogP) is 4.82. The molecule has 4 nitrogen and oxygen atoms in total. The van der Waals surface area contributed by atoms with Crippen molar-refractivity contribution in [2.24, 2.45) is 0 Å². The lowest BCUT2D eigenvalue weighted by atomic mass is 10.2. The van der Waals surface area contributed by atoms with Crippen molar-refractivity contribution in [2.45, 2.75) is 13.8 Å². The fraction of sp³-hybridized carbons (Fsp3) is 0.333. The Morgan fingerprint density at radius 3 is 2.86 bits per heavy atom. The van der Waals surface area contributed by atoms with Crippen LogP contribution in [0.3, 0.4) is 0 Å². The first-order chi connectivity index (χ1) is 10.4. The van der Waals surface area contributed by atoms with Crippen molar-refractivity contribution in [3.63, 3.8) is 0 Å². The van der Waals surface area contributed by atoms with Crippen molar-refractivity contribution in [1.82, 2.24) is 9.88 Å². The monoisotopic (exact) mass is 494 g/mol. The number of alkyl halides is 1. The molecule has 0 saturated carbocycles. The fourth-order valence-corrected chi connectivity index (χ4v) is 3.70. The number of hydrogen-bond donors (Lipinski definition) is 0. The molecule has 0 fully saturated rings. The standard InChI is InChI=1S/C15H16BrIN2O2S/c1-9-4-5-11(16)12(8-9)21-14-13(22-10(2)18-14)15(20)19(3)7-6-17/h4-5,8H,6-7H2,1-3H3. The third kappa shape index (κ3) is 4.20. The summed E-state index contributed by atoms with van der Waals surface area (Å²) in [6, 6.07) is 5.83. The van der Waals surface area contributed by atoms with Crippen LogP contribution < -0.4 is 4.74 Å². The summed E-state index contributed by atoms with van der Waals surface area (Å²) in [6.07, 6.45) is 0. The highest BCUT2D eigenvalue weighted by Gasteiger charge is 2.22. The molecule has 1 heterocycles. The van der Waals surface area contributed by atoms with E-state index in [1.165, 1.54) is 11.3 Å².